The van der Waals surface area contributed by atoms with E-state index in [9.17, 15) is 0 Å². The van der Waals surface area contributed by atoms with E-state index in [1.165, 1.54) is 23.4 Å². The normalized spacial score (nSPS) is 18.6. The van der Waals surface area contributed by atoms with Crippen molar-refractivity contribution in [3.8, 4) is 0 Å². The lowest BCUT2D eigenvalue weighted by Gasteiger charge is -2.19. The summed E-state index contributed by atoms with van der Waals surface area (Å²) in [5, 5.41) is 4.65. The fraction of sp³-hybridized carbons (Fsp3) is 0.812. The van der Waals surface area contributed by atoms with Crippen LogP contribution in [0.5, 0.6) is 0 Å². The van der Waals surface area contributed by atoms with E-state index in [1.807, 2.05) is 11.3 Å². The van der Waals surface area contributed by atoms with Crippen molar-refractivity contribution in [1.29, 1.82) is 0 Å². The molecule has 1 unspecified atom stereocenters. The Balaban J connectivity index is 2.02. The lowest BCUT2D eigenvalue weighted by molar-refractivity contribution is 0.116. The Morgan fingerprint density at radius 1 is 1.48 bits per heavy atom. The number of ether oxygens (including phenoxy) is 1. The van der Waals surface area contributed by atoms with Crippen molar-refractivity contribution in [2.24, 2.45) is 0 Å². The molecular formula is C16H29N3OS. The summed E-state index contributed by atoms with van der Waals surface area (Å²) >= 11 is 1.83. The molecule has 120 valence electrons. The van der Waals surface area contributed by atoms with E-state index < -0.39 is 0 Å². The monoisotopic (exact) mass is 311 g/mol. The first kappa shape index (κ1) is 16.7. The lowest BCUT2D eigenvalue weighted by atomic mass is 10.2. The molecule has 1 atom stereocenters. The van der Waals surface area contributed by atoms with Crippen LogP contribution in [0.2, 0.25) is 0 Å². The summed E-state index contributed by atoms with van der Waals surface area (Å²) < 4.78 is 5.73. The average molecular weight is 311 g/mol. The third-order valence-electron chi connectivity index (χ3n) is 3.75. The Labute approximate surface area is 132 Å². The smallest absolute Gasteiger partial charge is 0.185 e. The van der Waals surface area contributed by atoms with Crippen molar-refractivity contribution in [2.75, 3.05) is 25.1 Å². The predicted molar refractivity (Wildman–Crippen MR) is 90.3 cm³/mol. The van der Waals surface area contributed by atoms with Crippen molar-refractivity contribution in [2.45, 2.75) is 65.1 Å². The molecule has 2 heterocycles. The molecule has 0 bridgehead atoms. The van der Waals surface area contributed by atoms with Gasteiger partial charge in [-0.1, -0.05) is 27.2 Å². The van der Waals surface area contributed by atoms with Gasteiger partial charge >= 0.3 is 0 Å². The summed E-state index contributed by atoms with van der Waals surface area (Å²) in [4.78, 5) is 8.52. The Morgan fingerprint density at radius 2 is 2.29 bits per heavy atom. The van der Waals surface area contributed by atoms with Gasteiger partial charge in [0.15, 0.2) is 5.13 Å². The number of aromatic nitrogens is 1. The van der Waals surface area contributed by atoms with Gasteiger partial charge in [0.1, 0.15) is 0 Å². The molecule has 2 rings (SSSR count). The number of nitrogens with zero attached hydrogens (tertiary/aromatic N) is 2. The van der Waals surface area contributed by atoms with Crippen LogP contribution in [0.25, 0.3) is 0 Å². The fourth-order valence-electron chi connectivity index (χ4n) is 2.57. The van der Waals surface area contributed by atoms with Crippen LogP contribution in [0.3, 0.4) is 0 Å². The van der Waals surface area contributed by atoms with Crippen LogP contribution in [-0.4, -0.2) is 37.3 Å². The largest absolute Gasteiger partial charge is 0.376 e. The SMILES string of the molecule is CCCc1nc(N(C)CC2CCCO2)sc1CNC(C)C. The Hall–Kier alpha value is -0.650. The summed E-state index contributed by atoms with van der Waals surface area (Å²) in [6, 6.07) is 0.509. The van der Waals surface area contributed by atoms with Gasteiger partial charge in [0, 0.05) is 37.7 Å². The van der Waals surface area contributed by atoms with Crippen molar-refractivity contribution >= 4 is 16.5 Å². The highest BCUT2D eigenvalue weighted by Gasteiger charge is 2.20. The number of nitrogens with one attached hydrogen (secondary N) is 1. The maximum Gasteiger partial charge on any atom is 0.185 e. The third kappa shape index (κ3) is 4.94. The molecule has 0 saturated carbocycles. The minimum atomic E-state index is 0.380. The molecule has 1 saturated heterocycles. The number of hydrogen-bond acceptors (Lipinski definition) is 5. The van der Waals surface area contributed by atoms with Gasteiger partial charge in [-0.05, 0) is 19.3 Å². The highest BCUT2D eigenvalue weighted by Crippen LogP contribution is 2.28. The number of likely N-dealkylation sites (N-methyl/N-ethyl adjacent to an activating group) is 1. The van der Waals surface area contributed by atoms with Gasteiger partial charge in [0.05, 0.1) is 11.8 Å². The van der Waals surface area contributed by atoms with Gasteiger partial charge in [0.25, 0.3) is 0 Å². The van der Waals surface area contributed by atoms with Gasteiger partial charge in [-0.2, -0.15) is 0 Å². The van der Waals surface area contributed by atoms with Gasteiger partial charge in [-0.25, -0.2) is 4.98 Å². The zero-order valence-corrected chi connectivity index (χ0v) is 14.6. The molecule has 0 radical (unpaired) electrons. The fourth-order valence-corrected chi connectivity index (χ4v) is 3.60. The molecule has 1 aromatic heterocycles. The maximum absolute atomic E-state index is 5.73. The minimum Gasteiger partial charge on any atom is -0.376 e. The predicted octanol–water partition coefficient (Wildman–Crippen LogP) is 3.21. The molecule has 21 heavy (non-hydrogen) atoms. The number of rotatable bonds is 8. The quantitative estimate of drug-likeness (QED) is 0.800. The van der Waals surface area contributed by atoms with Gasteiger partial charge in [-0.3, -0.25) is 0 Å². The zero-order chi connectivity index (χ0) is 15.2. The Kier molecular flexibility index (Phi) is 6.45. The van der Waals surface area contributed by atoms with Crippen LogP contribution in [0, 0.1) is 0 Å². The Morgan fingerprint density at radius 3 is 2.90 bits per heavy atom. The molecule has 0 aromatic carbocycles. The first-order valence-electron chi connectivity index (χ1n) is 8.14. The second kappa shape index (κ2) is 8.11. The van der Waals surface area contributed by atoms with Crippen LogP contribution in [0.4, 0.5) is 5.13 Å². The molecule has 1 fully saturated rings. The molecular weight excluding hydrogens is 282 g/mol. The van der Waals surface area contributed by atoms with Gasteiger partial charge < -0.3 is 15.0 Å². The number of hydrogen-bond donors (Lipinski definition) is 1. The highest BCUT2D eigenvalue weighted by atomic mass is 32.1. The van der Waals surface area contributed by atoms with Crippen LogP contribution in [0.1, 0.15) is 50.6 Å². The summed E-state index contributed by atoms with van der Waals surface area (Å²) in [7, 11) is 2.13. The van der Waals surface area contributed by atoms with E-state index in [1.54, 1.807) is 0 Å². The second-order valence-electron chi connectivity index (χ2n) is 6.17. The van der Waals surface area contributed by atoms with Gasteiger partial charge in [0.2, 0.25) is 0 Å². The topological polar surface area (TPSA) is 37.4 Å². The number of aryl methyl sites for hydroxylation is 1. The van der Waals surface area contributed by atoms with Crippen molar-refractivity contribution in [3.63, 3.8) is 0 Å². The summed E-state index contributed by atoms with van der Waals surface area (Å²) in [5.41, 5.74) is 1.27. The molecule has 4 nitrogen and oxygen atoms in total. The molecule has 0 aliphatic carbocycles. The van der Waals surface area contributed by atoms with E-state index in [-0.39, 0.29) is 0 Å². The third-order valence-corrected chi connectivity index (χ3v) is 4.96. The van der Waals surface area contributed by atoms with E-state index >= 15 is 0 Å². The highest BCUT2D eigenvalue weighted by molar-refractivity contribution is 7.15. The maximum atomic E-state index is 5.73. The molecule has 1 N–H and O–H groups in total. The van der Waals surface area contributed by atoms with E-state index in [4.69, 9.17) is 9.72 Å². The lowest BCUT2D eigenvalue weighted by Crippen LogP contribution is -2.28. The molecule has 0 amide bonds. The number of anilines is 1. The molecule has 5 heteroatoms. The molecule has 0 spiro atoms. The minimum absolute atomic E-state index is 0.380. The van der Waals surface area contributed by atoms with E-state index in [0.29, 0.717) is 12.1 Å². The van der Waals surface area contributed by atoms with Crippen LogP contribution < -0.4 is 10.2 Å². The van der Waals surface area contributed by atoms with E-state index in [2.05, 4.69) is 38.0 Å². The summed E-state index contributed by atoms with van der Waals surface area (Å²) in [6.45, 7) is 9.39. The van der Waals surface area contributed by atoms with Crippen molar-refractivity contribution < 1.29 is 4.74 Å². The first-order chi connectivity index (χ1) is 10.1. The van der Waals surface area contributed by atoms with Crippen molar-refractivity contribution in [3.05, 3.63) is 10.6 Å². The number of thiazole rings is 1. The van der Waals surface area contributed by atoms with Crippen LogP contribution in [0.15, 0.2) is 0 Å². The van der Waals surface area contributed by atoms with E-state index in [0.717, 1.165) is 37.7 Å². The second-order valence-corrected chi connectivity index (χ2v) is 7.23. The van der Waals surface area contributed by atoms with Crippen molar-refractivity contribution in [1.82, 2.24) is 10.3 Å². The standard InChI is InChI=1S/C16H29N3OS/c1-5-7-14-15(10-17-12(2)3)21-16(18-14)19(4)11-13-8-6-9-20-13/h12-13,17H,5-11H2,1-4H3. The summed E-state index contributed by atoms with van der Waals surface area (Å²) in [5.74, 6) is 0. The Bertz CT molecular complexity index is 427. The molecule has 1 aliphatic heterocycles. The van der Waals surface area contributed by atoms with Gasteiger partial charge in [-0.15, -0.1) is 11.3 Å². The average Bonchev–Trinajstić information content (AvgIpc) is 3.06. The molecule has 1 aromatic rings. The summed E-state index contributed by atoms with van der Waals surface area (Å²) in [6.07, 6.45) is 4.97. The molecule has 1 aliphatic rings. The first-order valence-corrected chi connectivity index (χ1v) is 8.96. The zero-order valence-electron chi connectivity index (χ0n) is 13.8. The van der Waals surface area contributed by atoms with Crippen LogP contribution in [-0.2, 0) is 17.7 Å². The van der Waals surface area contributed by atoms with Crippen LogP contribution >= 0.6 is 11.3 Å².